The number of aromatic nitrogens is 1. The van der Waals surface area contributed by atoms with Crippen LogP contribution >= 0.6 is 15.9 Å². The van der Waals surface area contributed by atoms with E-state index in [1.165, 1.54) is 0 Å². The SMILES string of the molecule is COCCOCCCNC(=O)c1ccnc(Br)c1. The summed E-state index contributed by atoms with van der Waals surface area (Å²) in [5.41, 5.74) is 0.595. The van der Waals surface area contributed by atoms with Gasteiger partial charge >= 0.3 is 0 Å². The Morgan fingerprint density at radius 3 is 3.00 bits per heavy atom. The number of amides is 1. The maximum atomic E-state index is 11.7. The number of nitrogens with one attached hydrogen (secondary N) is 1. The Labute approximate surface area is 115 Å². The quantitative estimate of drug-likeness (QED) is 0.585. The molecule has 1 amide bonds. The number of ether oxygens (including phenoxy) is 2. The summed E-state index contributed by atoms with van der Waals surface area (Å²) in [6, 6.07) is 3.36. The van der Waals surface area contributed by atoms with E-state index in [1.807, 2.05) is 0 Å². The normalized spacial score (nSPS) is 10.3. The molecule has 0 aliphatic rings. The molecule has 0 aliphatic heterocycles. The van der Waals surface area contributed by atoms with Crippen molar-refractivity contribution in [2.24, 2.45) is 0 Å². The fraction of sp³-hybridized carbons (Fsp3) is 0.500. The van der Waals surface area contributed by atoms with Crippen LogP contribution in [0.3, 0.4) is 0 Å². The first-order chi connectivity index (χ1) is 8.74. The first-order valence-electron chi connectivity index (χ1n) is 5.70. The van der Waals surface area contributed by atoms with Gasteiger partial charge in [0.15, 0.2) is 0 Å². The average Bonchev–Trinajstić information content (AvgIpc) is 2.37. The number of carbonyl (C=O) groups is 1. The second-order valence-electron chi connectivity index (χ2n) is 3.58. The molecule has 0 atom stereocenters. The molecular weight excluding hydrogens is 300 g/mol. The zero-order valence-corrected chi connectivity index (χ0v) is 11.9. The maximum Gasteiger partial charge on any atom is 0.251 e. The van der Waals surface area contributed by atoms with Crippen LogP contribution in [-0.2, 0) is 9.47 Å². The van der Waals surface area contributed by atoms with Gasteiger partial charge < -0.3 is 14.8 Å². The first kappa shape index (κ1) is 15.1. The largest absolute Gasteiger partial charge is 0.382 e. The third kappa shape index (κ3) is 6.09. The number of hydrogen-bond donors (Lipinski definition) is 1. The van der Waals surface area contributed by atoms with E-state index in [4.69, 9.17) is 9.47 Å². The van der Waals surface area contributed by atoms with Crippen LogP contribution in [0, 0.1) is 0 Å². The molecule has 5 nitrogen and oxygen atoms in total. The molecule has 100 valence electrons. The summed E-state index contributed by atoms with van der Waals surface area (Å²) in [6.07, 6.45) is 2.37. The molecular formula is C12H17BrN2O3. The van der Waals surface area contributed by atoms with Crippen molar-refractivity contribution in [1.82, 2.24) is 10.3 Å². The monoisotopic (exact) mass is 316 g/mol. The minimum atomic E-state index is -0.102. The van der Waals surface area contributed by atoms with Crippen LogP contribution in [-0.4, -0.2) is 44.4 Å². The maximum absolute atomic E-state index is 11.7. The van der Waals surface area contributed by atoms with E-state index in [1.54, 1.807) is 25.4 Å². The van der Waals surface area contributed by atoms with Gasteiger partial charge in [0, 0.05) is 32.0 Å². The molecule has 1 aromatic rings. The van der Waals surface area contributed by atoms with Gasteiger partial charge in [0.1, 0.15) is 4.60 Å². The second-order valence-corrected chi connectivity index (χ2v) is 4.39. The highest BCUT2D eigenvalue weighted by atomic mass is 79.9. The number of halogens is 1. The Morgan fingerprint density at radius 2 is 2.28 bits per heavy atom. The van der Waals surface area contributed by atoms with E-state index < -0.39 is 0 Å². The molecule has 0 radical (unpaired) electrons. The minimum Gasteiger partial charge on any atom is -0.382 e. The molecule has 0 saturated carbocycles. The van der Waals surface area contributed by atoms with Crippen molar-refractivity contribution in [3.63, 3.8) is 0 Å². The molecule has 0 aliphatic carbocycles. The fourth-order valence-corrected chi connectivity index (χ4v) is 1.63. The Bertz CT molecular complexity index is 374. The number of rotatable bonds is 8. The van der Waals surface area contributed by atoms with E-state index >= 15 is 0 Å². The molecule has 0 spiro atoms. The zero-order valence-electron chi connectivity index (χ0n) is 10.3. The number of methoxy groups -OCH3 is 1. The van der Waals surface area contributed by atoms with Gasteiger partial charge in [0.05, 0.1) is 13.2 Å². The van der Waals surface area contributed by atoms with E-state index in [-0.39, 0.29) is 5.91 Å². The average molecular weight is 317 g/mol. The number of nitrogens with zero attached hydrogens (tertiary/aromatic N) is 1. The summed E-state index contributed by atoms with van der Waals surface area (Å²) in [6.45, 7) is 2.38. The van der Waals surface area contributed by atoms with E-state index in [2.05, 4.69) is 26.2 Å². The Balaban J connectivity index is 2.14. The van der Waals surface area contributed by atoms with Crippen LogP contribution in [0.25, 0.3) is 0 Å². The highest BCUT2D eigenvalue weighted by Gasteiger charge is 2.04. The summed E-state index contributed by atoms with van der Waals surface area (Å²) in [4.78, 5) is 15.7. The van der Waals surface area contributed by atoms with E-state index in [0.29, 0.717) is 36.5 Å². The van der Waals surface area contributed by atoms with Crippen LogP contribution in [0.15, 0.2) is 22.9 Å². The molecule has 0 aromatic carbocycles. The van der Waals surface area contributed by atoms with Crippen LogP contribution in [0.4, 0.5) is 0 Å². The molecule has 1 N–H and O–H groups in total. The third-order valence-electron chi connectivity index (χ3n) is 2.17. The van der Waals surface area contributed by atoms with Crippen molar-refractivity contribution in [3.8, 4) is 0 Å². The van der Waals surface area contributed by atoms with Crippen molar-refractivity contribution in [2.45, 2.75) is 6.42 Å². The summed E-state index contributed by atoms with van der Waals surface area (Å²) in [5.74, 6) is -0.102. The van der Waals surface area contributed by atoms with Crippen molar-refractivity contribution in [2.75, 3.05) is 33.5 Å². The Hall–Kier alpha value is -0.980. The fourth-order valence-electron chi connectivity index (χ4n) is 1.27. The number of hydrogen-bond acceptors (Lipinski definition) is 4. The lowest BCUT2D eigenvalue weighted by Crippen LogP contribution is -2.25. The van der Waals surface area contributed by atoms with Crippen LogP contribution in [0.2, 0.25) is 0 Å². The van der Waals surface area contributed by atoms with Crippen LogP contribution in [0.1, 0.15) is 16.8 Å². The standard InChI is InChI=1S/C12H17BrN2O3/c1-17-7-8-18-6-2-4-15-12(16)10-3-5-14-11(13)9-10/h3,5,9H,2,4,6-8H2,1H3,(H,15,16). The van der Waals surface area contributed by atoms with Gasteiger partial charge in [0.25, 0.3) is 5.91 Å². The van der Waals surface area contributed by atoms with Crippen molar-refractivity contribution in [1.29, 1.82) is 0 Å². The molecule has 1 rings (SSSR count). The second kappa shape index (κ2) is 9.02. The summed E-state index contributed by atoms with van der Waals surface area (Å²) in [5, 5.41) is 2.82. The van der Waals surface area contributed by atoms with Crippen molar-refractivity contribution < 1.29 is 14.3 Å². The topological polar surface area (TPSA) is 60.5 Å². The van der Waals surface area contributed by atoms with Gasteiger partial charge in [-0.2, -0.15) is 0 Å². The molecule has 1 aromatic heterocycles. The van der Waals surface area contributed by atoms with Crippen molar-refractivity contribution >= 4 is 21.8 Å². The van der Waals surface area contributed by atoms with Crippen LogP contribution < -0.4 is 5.32 Å². The molecule has 6 heteroatoms. The lowest BCUT2D eigenvalue weighted by atomic mass is 10.2. The number of carbonyl (C=O) groups excluding carboxylic acids is 1. The Morgan fingerprint density at radius 1 is 1.44 bits per heavy atom. The van der Waals surface area contributed by atoms with Gasteiger partial charge in [-0.15, -0.1) is 0 Å². The molecule has 0 bridgehead atoms. The summed E-state index contributed by atoms with van der Waals surface area (Å²) < 4.78 is 10.8. The molecule has 0 fully saturated rings. The first-order valence-corrected chi connectivity index (χ1v) is 6.50. The van der Waals surface area contributed by atoms with Gasteiger partial charge in [-0.25, -0.2) is 4.98 Å². The minimum absolute atomic E-state index is 0.102. The molecule has 0 saturated heterocycles. The molecule has 1 heterocycles. The summed E-state index contributed by atoms with van der Waals surface area (Å²) >= 11 is 3.22. The van der Waals surface area contributed by atoms with Gasteiger partial charge in [0.2, 0.25) is 0 Å². The number of pyridine rings is 1. The zero-order chi connectivity index (χ0) is 13.2. The highest BCUT2D eigenvalue weighted by Crippen LogP contribution is 2.07. The van der Waals surface area contributed by atoms with E-state index in [9.17, 15) is 4.79 Å². The van der Waals surface area contributed by atoms with E-state index in [0.717, 1.165) is 6.42 Å². The molecule has 18 heavy (non-hydrogen) atoms. The lowest BCUT2D eigenvalue weighted by Gasteiger charge is -2.06. The highest BCUT2D eigenvalue weighted by molar-refractivity contribution is 9.10. The predicted molar refractivity (Wildman–Crippen MR) is 71.6 cm³/mol. The van der Waals surface area contributed by atoms with Gasteiger partial charge in [-0.05, 0) is 34.5 Å². The van der Waals surface area contributed by atoms with Crippen LogP contribution in [0.5, 0.6) is 0 Å². The Kier molecular flexibility index (Phi) is 7.55. The van der Waals surface area contributed by atoms with Crippen molar-refractivity contribution in [3.05, 3.63) is 28.5 Å². The van der Waals surface area contributed by atoms with Gasteiger partial charge in [-0.3, -0.25) is 4.79 Å². The van der Waals surface area contributed by atoms with Gasteiger partial charge in [-0.1, -0.05) is 0 Å². The summed E-state index contributed by atoms with van der Waals surface area (Å²) in [7, 11) is 1.64. The molecule has 0 unspecified atom stereocenters. The predicted octanol–water partition coefficient (Wildman–Crippen LogP) is 1.63. The third-order valence-corrected chi connectivity index (χ3v) is 2.61. The smallest absolute Gasteiger partial charge is 0.251 e. The lowest BCUT2D eigenvalue weighted by molar-refractivity contribution is 0.0688.